The average Bonchev–Trinajstić information content (AvgIpc) is 2.94. The molecule has 0 amide bonds. The van der Waals surface area contributed by atoms with Gasteiger partial charge in [-0.1, -0.05) is 32.0 Å². The Hall–Kier alpha value is -0.860. The van der Waals surface area contributed by atoms with E-state index in [1.54, 1.807) is 5.56 Å². The summed E-state index contributed by atoms with van der Waals surface area (Å²) in [6, 6.07) is 9.03. The fourth-order valence-corrected chi connectivity index (χ4v) is 4.82. The number of benzene rings is 1. The first kappa shape index (κ1) is 14.1. The number of hydrogen-bond donors (Lipinski definition) is 1. The van der Waals surface area contributed by atoms with Crippen LogP contribution in [0.15, 0.2) is 29.6 Å². The quantitative estimate of drug-likeness (QED) is 0.843. The van der Waals surface area contributed by atoms with E-state index < -0.39 is 0 Å². The van der Waals surface area contributed by atoms with Crippen LogP contribution in [0.25, 0.3) is 10.1 Å². The lowest BCUT2D eigenvalue weighted by molar-refractivity contribution is 0.198. The molecule has 2 heteroatoms. The molecule has 2 N–H and O–H groups in total. The van der Waals surface area contributed by atoms with Crippen molar-refractivity contribution in [3.63, 3.8) is 0 Å². The Balaban J connectivity index is 1.98. The van der Waals surface area contributed by atoms with Gasteiger partial charge in [0.25, 0.3) is 0 Å². The van der Waals surface area contributed by atoms with Crippen molar-refractivity contribution < 1.29 is 0 Å². The molecule has 3 atom stereocenters. The van der Waals surface area contributed by atoms with Gasteiger partial charge < -0.3 is 5.73 Å². The van der Waals surface area contributed by atoms with Crippen LogP contribution in [0.1, 0.15) is 44.6 Å². The maximum absolute atomic E-state index is 6.08. The molecule has 0 radical (unpaired) electrons. The Kier molecular flexibility index (Phi) is 4.13. The minimum Gasteiger partial charge on any atom is -0.330 e. The number of hydrogen-bond acceptors (Lipinski definition) is 2. The zero-order valence-corrected chi connectivity index (χ0v) is 13.3. The van der Waals surface area contributed by atoms with Gasteiger partial charge in [0.2, 0.25) is 0 Å². The minimum absolute atomic E-state index is 0.656. The van der Waals surface area contributed by atoms with Crippen LogP contribution in [-0.2, 0) is 0 Å². The number of fused-ring (bicyclic) bond motifs is 1. The molecule has 1 aromatic heterocycles. The summed E-state index contributed by atoms with van der Waals surface area (Å²) in [4.78, 5) is 0. The third kappa shape index (κ3) is 2.51. The average molecular weight is 287 g/mol. The van der Waals surface area contributed by atoms with Crippen molar-refractivity contribution in [1.82, 2.24) is 0 Å². The van der Waals surface area contributed by atoms with Crippen LogP contribution in [0.4, 0.5) is 0 Å². The second-order valence-corrected chi connectivity index (χ2v) is 7.52. The fraction of sp³-hybridized carbons (Fsp3) is 0.556. The van der Waals surface area contributed by atoms with E-state index in [0.29, 0.717) is 11.8 Å². The molecular formula is C18H25NS. The van der Waals surface area contributed by atoms with Crippen molar-refractivity contribution in [3.05, 3.63) is 35.2 Å². The molecule has 1 nitrogen and oxygen atoms in total. The normalized spacial score (nSPS) is 27.3. The molecule has 0 bridgehead atoms. The predicted molar refractivity (Wildman–Crippen MR) is 89.3 cm³/mol. The molecule has 0 spiro atoms. The van der Waals surface area contributed by atoms with Crippen molar-refractivity contribution in [3.8, 4) is 0 Å². The van der Waals surface area contributed by atoms with E-state index >= 15 is 0 Å². The summed E-state index contributed by atoms with van der Waals surface area (Å²) >= 11 is 1.89. The molecule has 1 aliphatic rings. The molecule has 20 heavy (non-hydrogen) atoms. The first-order valence-electron chi connectivity index (χ1n) is 7.87. The first-order chi connectivity index (χ1) is 9.70. The highest BCUT2D eigenvalue weighted by Gasteiger charge is 2.32. The third-order valence-corrected chi connectivity index (χ3v) is 6.17. The van der Waals surface area contributed by atoms with Crippen molar-refractivity contribution >= 4 is 21.4 Å². The standard InChI is InChI=1S/C18H25NS/c1-12(2)14-6-7-15(11-19)17(10-14)16-5-3-4-13-8-9-20-18(13)16/h3-5,8-9,12,14-15,17H,6-7,10-11,19H2,1-2H3. The second-order valence-electron chi connectivity index (χ2n) is 6.61. The van der Waals surface area contributed by atoms with Gasteiger partial charge >= 0.3 is 0 Å². The molecule has 108 valence electrons. The van der Waals surface area contributed by atoms with Gasteiger partial charge in [-0.2, -0.15) is 0 Å². The molecule has 0 aliphatic heterocycles. The molecule has 1 aromatic carbocycles. The number of thiophene rings is 1. The van der Waals surface area contributed by atoms with Gasteiger partial charge in [-0.3, -0.25) is 0 Å². The van der Waals surface area contributed by atoms with E-state index in [2.05, 4.69) is 43.5 Å². The molecule has 1 heterocycles. The molecule has 3 unspecified atom stereocenters. The fourth-order valence-electron chi connectivity index (χ4n) is 3.84. The Bertz CT molecular complexity index is 572. The molecule has 1 aliphatic carbocycles. The number of rotatable bonds is 3. The van der Waals surface area contributed by atoms with Crippen LogP contribution < -0.4 is 5.73 Å². The van der Waals surface area contributed by atoms with Gasteiger partial charge in [0.15, 0.2) is 0 Å². The van der Waals surface area contributed by atoms with Crippen LogP contribution >= 0.6 is 11.3 Å². The summed E-state index contributed by atoms with van der Waals surface area (Å²) in [5, 5.41) is 3.61. The lowest BCUT2D eigenvalue weighted by Crippen LogP contribution is -2.30. The van der Waals surface area contributed by atoms with Gasteiger partial charge in [-0.15, -0.1) is 11.3 Å². The Labute approximate surface area is 126 Å². The van der Waals surface area contributed by atoms with E-state index in [-0.39, 0.29) is 0 Å². The predicted octanol–water partition coefficient (Wildman–Crippen LogP) is 5.02. The largest absolute Gasteiger partial charge is 0.330 e. The zero-order valence-electron chi connectivity index (χ0n) is 12.5. The van der Waals surface area contributed by atoms with Gasteiger partial charge in [-0.05, 0) is 71.9 Å². The van der Waals surface area contributed by atoms with Crippen LogP contribution in [0, 0.1) is 17.8 Å². The van der Waals surface area contributed by atoms with E-state index in [0.717, 1.165) is 18.4 Å². The van der Waals surface area contributed by atoms with Crippen molar-refractivity contribution in [1.29, 1.82) is 0 Å². The Morgan fingerprint density at radius 1 is 1.25 bits per heavy atom. The lowest BCUT2D eigenvalue weighted by Gasteiger charge is -2.38. The summed E-state index contributed by atoms with van der Waals surface area (Å²) in [6.07, 6.45) is 3.97. The smallest absolute Gasteiger partial charge is 0.0377 e. The minimum atomic E-state index is 0.656. The summed E-state index contributed by atoms with van der Waals surface area (Å²) in [5.74, 6) is 2.97. The van der Waals surface area contributed by atoms with Gasteiger partial charge in [-0.25, -0.2) is 0 Å². The highest BCUT2D eigenvalue weighted by molar-refractivity contribution is 7.17. The van der Waals surface area contributed by atoms with Crippen LogP contribution in [-0.4, -0.2) is 6.54 Å². The van der Waals surface area contributed by atoms with Crippen molar-refractivity contribution in [2.75, 3.05) is 6.54 Å². The van der Waals surface area contributed by atoms with E-state index in [1.807, 2.05) is 11.3 Å². The summed E-state index contributed by atoms with van der Waals surface area (Å²) < 4.78 is 1.49. The summed E-state index contributed by atoms with van der Waals surface area (Å²) in [5.41, 5.74) is 7.63. The second kappa shape index (κ2) is 5.87. The molecule has 1 fully saturated rings. The molecule has 2 aromatic rings. The molecule has 3 rings (SSSR count). The van der Waals surface area contributed by atoms with E-state index in [1.165, 1.54) is 29.3 Å². The molecular weight excluding hydrogens is 262 g/mol. The van der Waals surface area contributed by atoms with Crippen molar-refractivity contribution in [2.24, 2.45) is 23.5 Å². The zero-order chi connectivity index (χ0) is 14.1. The van der Waals surface area contributed by atoms with Gasteiger partial charge in [0.05, 0.1) is 0 Å². The third-order valence-electron chi connectivity index (χ3n) is 5.19. The van der Waals surface area contributed by atoms with Gasteiger partial charge in [0.1, 0.15) is 0 Å². The number of nitrogens with two attached hydrogens (primary N) is 1. The highest BCUT2D eigenvalue weighted by atomic mass is 32.1. The first-order valence-corrected chi connectivity index (χ1v) is 8.75. The maximum atomic E-state index is 6.08. The van der Waals surface area contributed by atoms with Gasteiger partial charge in [0, 0.05) is 4.70 Å². The lowest BCUT2D eigenvalue weighted by atomic mass is 9.68. The summed E-state index contributed by atoms with van der Waals surface area (Å²) in [7, 11) is 0. The van der Waals surface area contributed by atoms with Crippen LogP contribution in [0.3, 0.4) is 0 Å². The van der Waals surface area contributed by atoms with Crippen LogP contribution in [0.2, 0.25) is 0 Å². The molecule has 0 saturated heterocycles. The monoisotopic (exact) mass is 287 g/mol. The Morgan fingerprint density at radius 3 is 2.85 bits per heavy atom. The Morgan fingerprint density at radius 2 is 2.10 bits per heavy atom. The topological polar surface area (TPSA) is 26.0 Å². The molecule has 1 saturated carbocycles. The van der Waals surface area contributed by atoms with Crippen molar-refractivity contribution in [2.45, 2.75) is 39.0 Å². The SMILES string of the molecule is CC(C)C1CCC(CN)C(c2cccc3ccsc23)C1. The maximum Gasteiger partial charge on any atom is 0.0377 e. The van der Waals surface area contributed by atoms with E-state index in [9.17, 15) is 0 Å². The van der Waals surface area contributed by atoms with Crippen LogP contribution in [0.5, 0.6) is 0 Å². The van der Waals surface area contributed by atoms with E-state index in [4.69, 9.17) is 5.73 Å². The highest BCUT2D eigenvalue weighted by Crippen LogP contribution is 2.45. The summed E-state index contributed by atoms with van der Waals surface area (Å²) in [6.45, 7) is 5.57.